The minimum absolute atomic E-state index is 0.322. The molecule has 0 aromatic carbocycles. The van der Waals surface area contributed by atoms with Gasteiger partial charge in [0.1, 0.15) is 5.82 Å². The van der Waals surface area contributed by atoms with E-state index in [0.717, 1.165) is 23.4 Å². The van der Waals surface area contributed by atoms with Gasteiger partial charge in [-0.2, -0.15) is 18.3 Å². The fourth-order valence-electron chi connectivity index (χ4n) is 1.29. The van der Waals surface area contributed by atoms with Gasteiger partial charge in [-0.1, -0.05) is 0 Å². The summed E-state index contributed by atoms with van der Waals surface area (Å²) in [5.41, 5.74) is -0.895. The Morgan fingerprint density at radius 1 is 1.41 bits per heavy atom. The van der Waals surface area contributed by atoms with Crippen LogP contribution in [0.25, 0.3) is 5.82 Å². The van der Waals surface area contributed by atoms with Crippen LogP contribution < -0.4 is 0 Å². The molecule has 1 heterocycles. The van der Waals surface area contributed by atoms with Gasteiger partial charge in [0.25, 0.3) is 0 Å². The molecule has 0 fully saturated rings. The van der Waals surface area contributed by atoms with Crippen LogP contribution in [0.3, 0.4) is 0 Å². The number of allylic oxidation sites excluding steroid dienone is 1. The van der Waals surface area contributed by atoms with E-state index in [9.17, 15) is 17.6 Å². The number of alkyl halides is 4. The van der Waals surface area contributed by atoms with Crippen LogP contribution >= 0.6 is 0 Å². The Bertz CT molecular complexity index is 392. The molecule has 0 saturated carbocycles. The van der Waals surface area contributed by atoms with Gasteiger partial charge in [-0.15, -0.1) is 0 Å². The second kappa shape index (κ2) is 4.77. The maximum atomic E-state index is 13.2. The molecular weight excluding hydrogens is 238 g/mol. The second-order valence-electron chi connectivity index (χ2n) is 3.58. The molecule has 0 aliphatic heterocycles. The van der Waals surface area contributed by atoms with Gasteiger partial charge in [0.2, 0.25) is 0 Å². The average molecular weight is 251 g/mol. The Kier molecular flexibility index (Phi) is 3.79. The third-order valence-corrected chi connectivity index (χ3v) is 2.35. The van der Waals surface area contributed by atoms with Crippen LogP contribution in [0, 0.1) is 0 Å². The number of hydrogen-bond acceptors (Lipinski definition) is 2. The summed E-state index contributed by atoms with van der Waals surface area (Å²) in [6.07, 6.45) is -3.40. The van der Waals surface area contributed by atoms with Crippen LogP contribution in [-0.4, -0.2) is 34.2 Å². The van der Waals surface area contributed by atoms with Crippen molar-refractivity contribution in [1.82, 2.24) is 14.7 Å². The summed E-state index contributed by atoms with van der Waals surface area (Å²) in [5, 5.41) is 3.71. The quantitative estimate of drug-likeness (QED) is 0.608. The van der Waals surface area contributed by atoms with Crippen molar-refractivity contribution < 1.29 is 17.6 Å². The van der Waals surface area contributed by atoms with Crippen LogP contribution in [0.15, 0.2) is 24.0 Å². The first-order chi connectivity index (χ1) is 7.75. The Morgan fingerprint density at radius 2 is 2.00 bits per heavy atom. The summed E-state index contributed by atoms with van der Waals surface area (Å²) in [6, 6.07) is 1.47. The third kappa shape index (κ3) is 2.98. The smallest absolute Gasteiger partial charge is 0.330 e. The SMILES string of the molecule is C/C(=C(\N(C)C(C)F)n1cccn1)C(F)(F)F. The first kappa shape index (κ1) is 13.5. The van der Waals surface area contributed by atoms with E-state index in [1.165, 1.54) is 25.5 Å². The summed E-state index contributed by atoms with van der Waals surface area (Å²) in [5.74, 6) is -0.322. The molecule has 0 spiro atoms. The molecule has 0 N–H and O–H groups in total. The molecule has 96 valence electrons. The van der Waals surface area contributed by atoms with Crippen molar-refractivity contribution in [3.05, 3.63) is 24.0 Å². The maximum absolute atomic E-state index is 13.2. The highest BCUT2D eigenvalue weighted by Crippen LogP contribution is 2.31. The lowest BCUT2D eigenvalue weighted by Crippen LogP contribution is -2.30. The molecule has 0 bridgehead atoms. The third-order valence-electron chi connectivity index (χ3n) is 2.35. The van der Waals surface area contributed by atoms with Crippen molar-refractivity contribution in [3.8, 4) is 0 Å². The van der Waals surface area contributed by atoms with Crippen molar-refractivity contribution in [1.29, 1.82) is 0 Å². The van der Waals surface area contributed by atoms with Crippen molar-refractivity contribution in [2.45, 2.75) is 26.3 Å². The summed E-state index contributed by atoms with van der Waals surface area (Å²) in [7, 11) is 1.25. The first-order valence-electron chi connectivity index (χ1n) is 4.90. The molecule has 1 unspecified atom stereocenters. The summed E-state index contributed by atoms with van der Waals surface area (Å²) < 4.78 is 52.2. The molecule has 17 heavy (non-hydrogen) atoms. The van der Waals surface area contributed by atoms with Crippen LogP contribution in [-0.2, 0) is 0 Å². The first-order valence-corrected chi connectivity index (χ1v) is 4.90. The standard InChI is InChI=1S/C10H13F4N3/c1-7(10(12,13)14)9(16(3)8(2)11)17-6-4-5-15-17/h4-6,8H,1-3H3/b9-7-. The van der Waals surface area contributed by atoms with Gasteiger partial charge in [0.05, 0.1) is 5.57 Å². The molecule has 0 aliphatic rings. The van der Waals surface area contributed by atoms with Crippen LogP contribution in [0.4, 0.5) is 17.6 Å². The largest absolute Gasteiger partial charge is 0.415 e. The monoisotopic (exact) mass is 251 g/mol. The average Bonchev–Trinajstić information content (AvgIpc) is 2.69. The molecule has 1 aromatic heterocycles. The fourth-order valence-corrected chi connectivity index (χ4v) is 1.29. The molecule has 3 nitrogen and oxygen atoms in total. The summed E-state index contributed by atoms with van der Waals surface area (Å²) in [4.78, 5) is 0.885. The normalized spacial score (nSPS) is 15.5. The Hall–Kier alpha value is -1.53. The van der Waals surface area contributed by atoms with Crippen molar-refractivity contribution in [2.75, 3.05) is 7.05 Å². The Morgan fingerprint density at radius 3 is 2.35 bits per heavy atom. The minimum atomic E-state index is -4.52. The van der Waals surface area contributed by atoms with E-state index in [2.05, 4.69) is 5.10 Å². The molecule has 0 aliphatic carbocycles. The van der Waals surface area contributed by atoms with E-state index in [4.69, 9.17) is 0 Å². The molecule has 0 radical (unpaired) electrons. The molecule has 7 heteroatoms. The van der Waals surface area contributed by atoms with E-state index in [-0.39, 0.29) is 5.82 Å². The Labute approximate surface area is 96.3 Å². The van der Waals surface area contributed by atoms with Gasteiger partial charge in [-0.05, 0) is 19.9 Å². The highest BCUT2D eigenvalue weighted by atomic mass is 19.4. The zero-order chi connectivity index (χ0) is 13.2. The zero-order valence-corrected chi connectivity index (χ0v) is 9.66. The van der Waals surface area contributed by atoms with E-state index >= 15 is 0 Å². The number of rotatable bonds is 3. The van der Waals surface area contributed by atoms with Crippen LogP contribution in [0.1, 0.15) is 13.8 Å². The second-order valence-corrected chi connectivity index (χ2v) is 3.58. The molecule has 1 atom stereocenters. The van der Waals surface area contributed by atoms with Gasteiger partial charge in [-0.3, -0.25) is 0 Å². The van der Waals surface area contributed by atoms with E-state index < -0.39 is 18.0 Å². The predicted molar refractivity (Wildman–Crippen MR) is 55.5 cm³/mol. The van der Waals surface area contributed by atoms with Gasteiger partial charge >= 0.3 is 6.18 Å². The summed E-state index contributed by atoms with van der Waals surface area (Å²) in [6.45, 7) is 2.06. The number of aromatic nitrogens is 2. The molecule has 0 saturated heterocycles. The summed E-state index contributed by atoms with van der Waals surface area (Å²) >= 11 is 0. The van der Waals surface area contributed by atoms with Crippen LogP contribution in [0.5, 0.6) is 0 Å². The topological polar surface area (TPSA) is 21.1 Å². The number of nitrogens with zero attached hydrogens (tertiary/aromatic N) is 3. The lowest BCUT2D eigenvalue weighted by molar-refractivity contribution is -0.0921. The van der Waals surface area contributed by atoms with E-state index in [0.29, 0.717) is 0 Å². The maximum Gasteiger partial charge on any atom is 0.415 e. The molecule has 1 aromatic rings. The van der Waals surface area contributed by atoms with Gasteiger partial charge in [0, 0.05) is 19.4 Å². The fraction of sp³-hybridized carbons (Fsp3) is 0.500. The predicted octanol–water partition coefficient (Wildman–Crippen LogP) is 2.88. The van der Waals surface area contributed by atoms with E-state index in [1.807, 2.05) is 0 Å². The molecule has 0 amide bonds. The lowest BCUT2D eigenvalue weighted by Gasteiger charge is -2.26. The lowest BCUT2D eigenvalue weighted by atomic mass is 10.2. The van der Waals surface area contributed by atoms with E-state index in [1.54, 1.807) is 0 Å². The molecule has 1 rings (SSSR count). The van der Waals surface area contributed by atoms with Gasteiger partial charge in [-0.25, -0.2) is 9.07 Å². The van der Waals surface area contributed by atoms with Crippen molar-refractivity contribution >= 4 is 5.82 Å². The zero-order valence-electron chi connectivity index (χ0n) is 9.66. The van der Waals surface area contributed by atoms with Gasteiger partial charge in [0.15, 0.2) is 6.30 Å². The highest BCUT2D eigenvalue weighted by molar-refractivity contribution is 5.48. The minimum Gasteiger partial charge on any atom is -0.330 e. The highest BCUT2D eigenvalue weighted by Gasteiger charge is 2.35. The molecular formula is C10H13F4N3. The van der Waals surface area contributed by atoms with Gasteiger partial charge < -0.3 is 4.90 Å². The van der Waals surface area contributed by atoms with Crippen molar-refractivity contribution in [2.24, 2.45) is 0 Å². The Balaban J connectivity index is 3.31. The number of halogens is 4. The van der Waals surface area contributed by atoms with Crippen molar-refractivity contribution in [3.63, 3.8) is 0 Å². The number of hydrogen-bond donors (Lipinski definition) is 0. The van der Waals surface area contributed by atoms with Crippen LogP contribution in [0.2, 0.25) is 0 Å².